The molecule has 2 aromatic heterocycles. The van der Waals surface area contributed by atoms with Gasteiger partial charge in [-0.15, -0.1) is 0 Å². The summed E-state index contributed by atoms with van der Waals surface area (Å²) in [6.45, 7) is 3.85. The van der Waals surface area contributed by atoms with Crippen molar-refractivity contribution in [3.05, 3.63) is 29.9 Å². The normalized spacial score (nSPS) is 10.2. The maximum atomic E-state index is 11.3. The highest BCUT2D eigenvalue weighted by molar-refractivity contribution is 5.84. The van der Waals surface area contributed by atoms with Gasteiger partial charge < -0.3 is 9.26 Å². The second-order valence-corrected chi connectivity index (χ2v) is 3.33. The van der Waals surface area contributed by atoms with Crippen LogP contribution in [0.25, 0.3) is 11.4 Å². The molecule has 0 aliphatic heterocycles. The van der Waals surface area contributed by atoms with Crippen molar-refractivity contribution in [1.82, 2.24) is 15.1 Å². The Morgan fingerprint density at radius 1 is 1.47 bits per heavy atom. The van der Waals surface area contributed by atoms with E-state index in [1.807, 2.05) is 19.1 Å². The smallest absolute Gasteiger partial charge is 0.397 e. The van der Waals surface area contributed by atoms with Gasteiger partial charge in [-0.05, 0) is 26.0 Å². The fourth-order valence-corrected chi connectivity index (χ4v) is 1.22. The Labute approximate surface area is 97.6 Å². The molecule has 6 heteroatoms. The number of esters is 1. The van der Waals surface area contributed by atoms with Crippen molar-refractivity contribution in [1.29, 1.82) is 0 Å². The van der Waals surface area contributed by atoms with Gasteiger partial charge in [-0.3, -0.25) is 4.98 Å². The predicted molar refractivity (Wildman–Crippen MR) is 58.2 cm³/mol. The summed E-state index contributed by atoms with van der Waals surface area (Å²) in [5.74, 6) is -0.450. The van der Waals surface area contributed by atoms with Gasteiger partial charge in [-0.25, -0.2) is 4.79 Å². The maximum Gasteiger partial charge on any atom is 0.397 e. The van der Waals surface area contributed by atoms with Crippen LogP contribution in [-0.4, -0.2) is 27.7 Å². The first kappa shape index (κ1) is 11.3. The van der Waals surface area contributed by atoms with Crippen molar-refractivity contribution in [3.63, 3.8) is 0 Å². The van der Waals surface area contributed by atoms with Gasteiger partial charge in [0.05, 0.1) is 6.61 Å². The summed E-state index contributed by atoms with van der Waals surface area (Å²) in [5, 5.41) is 3.69. The van der Waals surface area contributed by atoms with Gasteiger partial charge in [0, 0.05) is 17.5 Å². The third-order valence-electron chi connectivity index (χ3n) is 2.05. The van der Waals surface area contributed by atoms with Gasteiger partial charge in [0.15, 0.2) is 0 Å². The summed E-state index contributed by atoms with van der Waals surface area (Å²) in [6, 6.07) is 3.64. The van der Waals surface area contributed by atoms with Gasteiger partial charge in [0.1, 0.15) is 0 Å². The van der Waals surface area contributed by atoms with Crippen LogP contribution in [0.1, 0.15) is 23.3 Å². The lowest BCUT2D eigenvalue weighted by molar-refractivity contribution is 0.0470. The van der Waals surface area contributed by atoms with Crippen molar-refractivity contribution < 1.29 is 14.1 Å². The second kappa shape index (κ2) is 4.73. The van der Waals surface area contributed by atoms with Crippen LogP contribution < -0.4 is 0 Å². The number of aryl methyl sites for hydroxylation is 1. The first-order valence-electron chi connectivity index (χ1n) is 5.14. The third kappa shape index (κ3) is 2.47. The largest absolute Gasteiger partial charge is 0.459 e. The quantitative estimate of drug-likeness (QED) is 0.749. The molecular formula is C11H11N3O3. The average Bonchev–Trinajstić information content (AvgIpc) is 2.80. The fraction of sp³-hybridized carbons (Fsp3) is 0.273. The standard InChI is InChI=1S/C11H11N3O3/c1-3-16-11(15)10-13-9(14-17-10)8-5-4-7(2)12-6-8/h4-6H,3H2,1-2H3. The number of nitrogens with zero attached hydrogens (tertiary/aromatic N) is 3. The zero-order valence-corrected chi connectivity index (χ0v) is 9.51. The molecule has 2 heterocycles. The van der Waals surface area contributed by atoms with Crippen LogP contribution in [0, 0.1) is 6.92 Å². The first-order chi connectivity index (χ1) is 8.20. The highest BCUT2D eigenvalue weighted by Gasteiger charge is 2.16. The minimum atomic E-state index is -0.619. The van der Waals surface area contributed by atoms with E-state index in [4.69, 9.17) is 9.26 Å². The van der Waals surface area contributed by atoms with E-state index >= 15 is 0 Å². The molecule has 0 aliphatic carbocycles. The Balaban J connectivity index is 2.23. The van der Waals surface area contributed by atoms with E-state index in [1.54, 1.807) is 13.1 Å². The molecule has 0 bridgehead atoms. The topological polar surface area (TPSA) is 78.1 Å². The summed E-state index contributed by atoms with van der Waals surface area (Å²) in [5.41, 5.74) is 1.58. The third-order valence-corrected chi connectivity index (χ3v) is 2.05. The summed E-state index contributed by atoms with van der Waals surface area (Å²) < 4.78 is 9.55. The molecule has 0 saturated heterocycles. The fourth-order valence-electron chi connectivity index (χ4n) is 1.22. The van der Waals surface area contributed by atoms with Crippen LogP contribution in [0.3, 0.4) is 0 Å². The average molecular weight is 233 g/mol. The molecule has 6 nitrogen and oxygen atoms in total. The molecule has 0 amide bonds. The Bertz CT molecular complexity index is 519. The highest BCUT2D eigenvalue weighted by atomic mass is 16.6. The number of carbonyl (C=O) groups excluding carboxylic acids is 1. The second-order valence-electron chi connectivity index (χ2n) is 3.33. The molecule has 88 valence electrons. The molecule has 0 fully saturated rings. The maximum absolute atomic E-state index is 11.3. The summed E-state index contributed by atoms with van der Waals surface area (Å²) in [6.07, 6.45) is 1.62. The van der Waals surface area contributed by atoms with E-state index in [2.05, 4.69) is 15.1 Å². The molecule has 0 N–H and O–H groups in total. The lowest BCUT2D eigenvalue weighted by Gasteiger charge is -1.94. The molecule has 0 saturated carbocycles. The molecule has 17 heavy (non-hydrogen) atoms. The number of hydrogen-bond acceptors (Lipinski definition) is 6. The first-order valence-corrected chi connectivity index (χ1v) is 5.14. The van der Waals surface area contributed by atoms with Crippen LogP contribution in [0.4, 0.5) is 0 Å². The van der Waals surface area contributed by atoms with Gasteiger partial charge in [-0.1, -0.05) is 5.16 Å². The molecule has 2 rings (SSSR count). The van der Waals surface area contributed by atoms with E-state index in [0.717, 1.165) is 5.69 Å². The molecule has 0 atom stereocenters. The minimum absolute atomic E-state index is 0.151. The van der Waals surface area contributed by atoms with E-state index in [1.165, 1.54) is 0 Å². The van der Waals surface area contributed by atoms with Crippen LogP contribution >= 0.6 is 0 Å². The monoisotopic (exact) mass is 233 g/mol. The van der Waals surface area contributed by atoms with Gasteiger partial charge in [0.2, 0.25) is 5.82 Å². The predicted octanol–water partition coefficient (Wildman–Crippen LogP) is 1.62. The lowest BCUT2D eigenvalue weighted by atomic mass is 10.2. The van der Waals surface area contributed by atoms with E-state index in [-0.39, 0.29) is 12.5 Å². The molecule has 0 aromatic carbocycles. The van der Waals surface area contributed by atoms with Crippen molar-refractivity contribution >= 4 is 5.97 Å². The SMILES string of the molecule is CCOC(=O)c1nc(-c2ccc(C)nc2)no1. The molecular weight excluding hydrogens is 222 g/mol. The van der Waals surface area contributed by atoms with E-state index in [9.17, 15) is 4.79 Å². The number of ether oxygens (including phenoxy) is 1. The Morgan fingerprint density at radius 3 is 2.94 bits per heavy atom. The zero-order chi connectivity index (χ0) is 12.3. The van der Waals surface area contributed by atoms with Crippen LogP contribution in [-0.2, 0) is 4.74 Å². The van der Waals surface area contributed by atoms with E-state index in [0.29, 0.717) is 11.4 Å². The molecule has 0 aliphatic rings. The zero-order valence-electron chi connectivity index (χ0n) is 9.51. The number of pyridine rings is 1. The highest BCUT2D eigenvalue weighted by Crippen LogP contribution is 2.14. The molecule has 0 spiro atoms. The number of hydrogen-bond donors (Lipinski definition) is 0. The van der Waals surface area contributed by atoms with Gasteiger partial charge in [0.25, 0.3) is 0 Å². The molecule has 2 aromatic rings. The van der Waals surface area contributed by atoms with Crippen LogP contribution in [0.5, 0.6) is 0 Å². The van der Waals surface area contributed by atoms with Crippen LogP contribution in [0.15, 0.2) is 22.9 Å². The van der Waals surface area contributed by atoms with Crippen molar-refractivity contribution in [3.8, 4) is 11.4 Å². The van der Waals surface area contributed by atoms with Gasteiger partial charge in [-0.2, -0.15) is 4.98 Å². The number of rotatable bonds is 3. The van der Waals surface area contributed by atoms with E-state index < -0.39 is 5.97 Å². The molecule has 0 unspecified atom stereocenters. The Morgan fingerprint density at radius 2 is 2.29 bits per heavy atom. The number of aromatic nitrogens is 3. The Kier molecular flexibility index (Phi) is 3.13. The summed E-state index contributed by atoms with van der Waals surface area (Å²) in [4.78, 5) is 19.4. The summed E-state index contributed by atoms with van der Waals surface area (Å²) >= 11 is 0. The minimum Gasteiger partial charge on any atom is -0.459 e. The number of carbonyl (C=O) groups is 1. The lowest BCUT2D eigenvalue weighted by Crippen LogP contribution is -2.04. The van der Waals surface area contributed by atoms with Crippen LogP contribution in [0.2, 0.25) is 0 Å². The molecule has 0 radical (unpaired) electrons. The van der Waals surface area contributed by atoms with Gasteiger partial charge >= 0.3 is 11.9 Å². The van der Waals surface area contributed by atoms with Crippen molar-refractivity contribution in [2.75, 3.05) is 6.61 Å². The Hall–Kier alpha value is -2.24. The summed E-state index contributed by atoms with van der Waals surface area (Å²) in [7, 11) is 0. The van der Waals surface area contributed by atoms with Crippen molar-refractivity contribution in [2.24, 2.45) is 0 Å². The van der Waals surface area contributed by atoms with Crippen molar-refractivity contribution in [2.45, 2.75) is 13.8 Å².